The zero-order valence-corrected chi connectivity index (χ0v) is 22.9. The highest BCUT2D eigenvalue weighted by atomic mass is 16.4. The summed E-state index contributed by atoms with van der Waals surface area (Å²) in [5.41, 5.74) is 5.71. The molecule has 0 saturated heterocycles. The molecule has 2 N–H and O–H groups in total. The van der Waals surface area contributed by atoms with Gasteiger partial charge in [-0.15, -0.1) is 0 Å². The van der Waals surface area contributed by atoms with Crippen molar-refractivity contribution in [3.63, 3.8) is 0 Å². The summed E-state index contributed by atoms with van der Waals surface area (Å²) in [7, 11) is 0. The fourth-order valence-electron chi connectivity index (χ4n) is 5.04. The summed E-state index contributed by atoms with van der Waals surface area (Å²) in [5, 5.41) is 11.2. The van der Waals surface area contributed by atoms with Gasteiger partial charge in [0.05, 0.1) is 18.6 Å². The summed E-state index contributed by atoms with van der Waals surface area (Å²) in [6.07, 6.45) is 34.8. The summed E-state index contributed by atoms with van der Waals surface area (Å²) in [6.45, 7) is 3.14. The summed E-state index contributed by atoms with van der Waals surface area (Å²) in [6, 6.07) is 0. The first kappa shape index (κ1) is 31.6. The van der Waals surface area contributed by atoms with E-state index in [0.29, 0.717) is 19.5 Å². The maximum atomic E-state index is 11.2. The molecule has 5 heteroatoms. The predicted molar refractivity (Wildman–Crippen MR) is 148 cm³/mol. The third-order valence-corrected chi connectivity index (χ3v) is 7.22. The van der Waals surface area contributed by atoms with Gasteiger partial charge in [-0.1, -0.05) is 128 Å². The van der Waals surface area contributed by atoms with Crippen molar-refractivity contribution in [2.24, 2.45) is 10.7 Å². The lowest BCUT2D eigenvalue weighted by Gasteiger charge is -2.32. The molecular formula is C30H55N3O2. The molecule has 1 rings (SSSR count). The molecule has 0 aromatic heterocycles. The molecule has 1 aliphatic heterocycles. The highest BCUT2D eigenvalue weighted by molar-refractivity contribution is 5.82. The number of hydrogen-bond acceptors (Lipinski definition) is 4. The number of quaternary nitrogens is 1. The van der Waals surface area contributed by atoms with Crippen LogP contribution in [0.25, 0.3) is 0 Å². The molecule has 1 unspecified atom stereocenters. The average Bonchev–Trinajstić information content (AvgIpc) is 3.21. The van der Waals surface area contributed by atoms with Crippen molar-refractivity contribution in [3.05, 3.63) is 24.6 Å². The second-order valence-corrected chi connectivity index (χ2v) is 10.4. The largest absolute Gasteiger partial charge is 0.544 e. The van der Waals surface area contributed by atoms with Crippen LogP contribution in [-0.4, -0.2) is 35.9 Å². The number of hydrogen-bond donors (Lipinski definition) is 1. The molecule has 0 aromatic rings. The molecule has 0 aromatic carbocycles. The van der Waals surface area contributed by atoms with Gasteiger partial charge in [0.2, 0.25) is 5.84 Å². The second kappa shape index (κ2) is 21.8. The van der Waals surface area contributed by atoms with Gasteiger partial charge in [-0.3, -0.25) is 0 Å². The van der Waals surface area contributed by atoms with Crippen LogP contribution >= 0.6 is 0 Å². The number of nitrogens with two attached hydrogens (primary N) is 1. The highest BCUT2D eigenvalue weighted by Gasteiger charge is 2.34. The molecule has 0 spiro atoms. The van der Waals surface area contributed by atoms with E-state index in [4.69, 9.17) is 5.73 Å². The van der Waals surface area contributed by atoms with Gasteiger partial charge >= 0.3 is 0 Å². The third kappa shape index (κ3) is 16.0. The van der Waals surface area contributed by atoms with Gasteiger partial charge < -0.3 is 15.6 Å². The average molecular weight is 490 g/mol. The number of unbranched alkanes of at least 4 members (excludes halogenated alkanes) is 18. The van der Waals surface area contributed by atoms with E-state index < -0.39 is 5.97 Å². The number of nitrogens with zero attached hydrogens (tertiary/aromatic N) is 2. The minimum atomic E-state index is -1.07. The summed E-state index contributed by atoms with van der Waals surface area (Å²) < 4.78 is 0.197. The molecule has 0 saturated carbocycles. The van der Waals surface area contributed by atoms with Crippen LogP contribution in [0.4, 0.5) is 0 Å². The molecule has 0 aliphatic carbocycles. The van der Waals surface area contributed by atoms with E-state index in [1.54, 1.807) is 6.20 Å². The first-order valence-electron chi connectivity index (χ1n) is 14.8. The van der Waals surface area contributed by atoms with Crippen molar-refractivity contribution in [2.45, 2.75) is 135 Å². The number of allylic oxidation sites excluding steroid dienone is 1. The number of aliphatic imine (C=N–C) groups is 1. The number of amidine groups is 1. The summed E-state index contributed by atoms with van der Waals surface area (Å²) in [4.78, 5) is 15.6. The van der Waals surface area contributed by atoms with Crippen LogP contribution in [0.3, 0.4) is 0 Å². The van der Waals surface area contributed by atoms with Crippen LogP contribution in [-0.2, 0) is 4.79 Å². The maximum absolute atomic E-state index is 11.2. The van der Waals surface area contributed by atoms with Crippen molar-refractivity contribution in [2.75, 3.05) is 19.6 Å². The molecule has 0 bridgehead atoms. The molecule has 35 heavy (non-hydrogen) atoms. The molecule has 0 amide bonds. The number of rotatable bonds is 25. The van der Waals surface area contributed by atoms with Crippen LogP contribution < -0.4 is 10.8 Å². The second-order valence-electron chi connectivity index (χ2n) is 10.4. The van der Waals surface area contributed by atoms with Crippen molar-refractivity contribution in [3.8, 4) is 0 Å². The highest BCUT2D eigenvalue weighted by Crippen LogP contribution is 2.19. The molecule has 1 heterocycles. The first-order valence-corrected chi connectivity index (χ1v) is 14.8. The van der Waals surface area contributed by atoms with E-state index in [1.165, 1.54) is 116 Å². The van der Waals surface area contributed by atoms with E-state index in [2.05, 4.69) is 24.1 Å². The normalized spacial score (nSPS) is 17.5. The Morgan fingerprint density at radius 2 is 1.31 bits per heavy atom. The van der Waals surface area contributed by atoms with Gasteiger partial charge in [0.15, 0.2) is 0 Å². The monoisotopic (exact) mass is 489 g/mol. The van der Waals surface area contributed by atoms with E-state index in [1.807, 2.05) is 6.20 Å². The Bertz CT molecular complexity index is 615. The van der Waals surface area contributed by atoms with Crippen molar-refractivity contribution in [1.82, 2.24) is 0 Å². The Morgan fingerprint density at radius 1 is 0.829 bits per heavy atom. The molecule has 5 nitrogen and oxygen atoms in total. The van der Waals surface area contributed by atoms with Gasteiger partial charge in [0.25, 0.3) is 0 Å². The zero-order valence-electron chi connectivity index (χ0n) is 22.9. The number of aliphatic carboxylic acids is 1. The smallest absolute Gasteiger partial charge is 0.211 e. The lowest BCUT2D eigenvalue weighted by Crippen LogP contribution is -2.54. The van der Waals surface area contributed by atoms with Gasteiger partial charge in [0, 0.05) is 6.54 Å². The van der Waals surface area contributed by atoms with Crippen molar-refractivity contribution >= 4 is 11.8 Å². The molecule has 202 valence electrons. The van der Waals surface area contributed by atoms with Crippen LogP contribution in [0.5, 0.6) is 0 Å². The third-order valence-electron chi connectivity index (χ3n) is 7.22. The van der Waals surface area contributed by atoms with Crippen LogP contribution in [0.2, 0.25) is 0 Å². The van der Waals surface area contributed by atoms with Gasteiger partial charge in [-0.25, -0.2) is 9.48 Å². The Morgan fingerprint density at radius 3 is 1.77 bits per heavy atom. The quantitative estimate of drug-likeness (QED) is 0.0872. The minimum Gasteiger partial charge on any atom is -0.544 e. The van der Waals surface area contributed by atoms with Crippen LogP contribution in [0.15, 0.2) is 29.5 Å². The van der Waals surface area contributed by atoms with E-state index in [9.17, 15) is 9.90 Å². The number of carbonyl (C=O) groups is 1. The standard InChI is InChI=1S/C30H55N3O2/c1-2-3-4-5-6-7-8-9-10-11-12-13-14-15-16-17-18-19-20-21-22-23-29-32-25-27-33(29,26-24-31)28-30(34)35/h21-22,25,27H,2-20,23-24,26,28,31H2,1H3/b22-21+. The lowest BCUT2D eigenvalue weighted by atomic mass is 10.0. The van der Waals surface area contributed by atoms with Gasteiger partial charge in [-0.05, 0) is 12.8 Å². The van der Waals surface area contributed by atoms with E-state index >= 15 is 0 Å². The molecule has 0 radical (unpaired) electrons. The van der Waals surface area contributed by atoms with E-state index in [0.717, 1.165) is 12.3 Å². The Balaban J connectivity index is 1.90. The maximum Gasteiger partial charge on any atom is 0.211 e. The van der Waals surface area contributed by atoms with E-state index in [-0.39, 0.29) is 11.0 Å². The van der Waals surface area contributed by atoms with Crippen LogP contribution in [0.1, 0.15) is 135 Å². The minimum absolute atomic E-state index is 0.0976. The molecular weight excluding hydrogens is 434 g/mol. The first-order chi connectivity index (χ1) is 17.1. The van der Waals surface area contributed by atoms with Crippen LogP contribution in [0, 0.1) is 0 Å². The number of carboxylic acid groups (broad SMARTS) is 1. The van der Waals surface area contributed by atoms with Crippen molar-refractivity contribution < 1.29 is 14.4 Å². The Labute approximate surface area is 216 Å². The van der Waals surface area contributed by atoms with Crippen molar-refractivity contribution in [1.29, 1.82) is 0 Å². The molecule has 0 fully saturated rings. The topological polar surface area (TPSA) is 78.5 Å². The van der Waals surface area contributed by atoms with Gasteiger partial charge in [-0.2, -0.15) is 0 Å². The predicted octanol–water partition coefficient (Wildman–Crippen LogP) is 6.77. The Hall–Kier alpha value is -1.46. The Kier molecular flexibility index (Phi) is 19.7. The fraction of sp³-hybridized carbons (Fsp3) is 0.800. The number of carboxylic acids is 1. The lowest BCUT2D eigenvalue weighted by molar-refractivity contribution is -0.780. The molecule has 1 atom stereocenters. The van der Waals surface area contributed by atoms with Gasteiger partial charge in [0.1, 0.15) is 19.3 Å². The summed E-state index contributed by atoms with van der Waals surface area (Å²) in [5.74, 6) is -0.228. The SMILES string of the molecule is CCCCCCCCCCCCCCCCCCCC/C=C/CC1=NC=C[N+]1(CCN)CC(=O)[O-]. The zero-order chi connectivity index (χ0) is 25.5. The molecule has 1 aliphatic rings. The fourth-order valence-corrected chi connectivity index (χ4v) is 5.04. The number of carbonyl (C=O) groups excluding carboxylic acids is 1. The summed E-state index contributed by atoms with van der Waals surface area (Å²) >= 11 is 0.